The van der Waals surface area contributed by atoms with Crippen LogP contribution in [0.15, 0.2) is 151 Å². The Balaban J connectivity index is 0.000000322. The highest BCUT2D eigenvalue weighted by Crippen LogP contribution is 2.48. The summed E-state index contributed by atoms with van der Waals surface area (Å²) in [5.41, 5.74) is 4.55. The molecule has 9 N–H and O–H groups in total. The van der Waals surface area contributed by atoms with Crippen LogP contribution in [0, 0.1) is 33.6 Å². The zero-order valence-corrected chi connectivity index (χ0v) is 58.2. The molecule has 0 spiro atoms. The predicted octanol–water partition coefficient (Wildman–Crippen LogP) is 13.9. The van der Waals surface area contributed by atoms with Crippen molar-refractivity contribution in [2.45, 2.75) is 89.2 Å². The van der Waals surface area contributed by atoms with Gasteiger partial charge in [-0.3, -0.25) is 29.5 Å². The zero-order valence-electron chi connectivity index (χ0n) is 53.3. The van der Waals surface area contributed by atoms with Gasteiger partial charge in [0.2, 0.25) is 20.0 Å². The van der Waals surface area contributed by atoms with Gasteiger partial charge in [-0.25, -0.2) is 56.1 Å². The number of nitrogens with one attached hydrogen (secondary N) is 9. The van der Waals surface area contributed by atoms with Crippen molar-refractivity contribution >= 4 is 142 Å². The third kappa shape index (κ3) is 19.1. The van der Waals surface area contributed by atoms with E-state index in [1.165, 1.54) is 35.3 Å². The molecule has 97 heavy (non-hydrogen) atoms. The van der Waals surface area contributed by atoms with E-state index < -0.39 is 25.7 Å². The van der Waals surface area contributed by atoms with Crippen LogP contribution in [-0.2, 0) is 20.0 Å². The number of sulfonamides is 2. The second-order valence-electron chi connectivity index (χ2n) is 23.6. The van der Waals surface area contributed by atoms with Gasteiger partial charge in [0.15, 0.2) is 32.9 Å². The molecule has 4 fully saturated rings. The monoisotopic (exact) mass is 1440 g/mol. The van der Waals surface area contributed by atoms with Gasteiger partial charge >= 0.3 is 0 Å². The summed E-state index contributed by atoms with van der Waals surface area (Å²) in [5, 5.41) is 35.9. The first kappa shape index (κ1) is 67.7. The first-order chi connectivity index (χ1) is 46.4. The highest BCUT2D eigenvalue weighted by Gasteiger charge is 2.54. The smallest absolute Gasteiger partial charge is 0.255 e. The molecule has 14 rings (SSSR count). The van der Waals surface area contributed by atoms with E-state index in [0.29, 0.717) is 103 Å². The number of rotatable bonds is 22. The minimum absolute atomic E-state index is 0. The van der Waals surface area contributed by atoms with Crippen LogP contribution in [0.1, 0.15) is 70.2 Å². The summed E-state index contributed by atoms with van der Waals surface area (Å²) in [7, 11) is -6.64. The summed E-state index contributed by atoms with van der Waals surface area (Å²) < 4.78 is 65.3. The molecule has 4 aliphatic rings. The van der Waals surface area contributed by atoms with Crippen LogP contribution < -0.4 is 45.4 Å². The van der Waals surface area contributed by atoms with Gasteiger partial charge in [-0.15, -0.1) is 0 Å². The van der Waals surface area contributed by atoms with Crippen molar-refractivity contribution in [2.24, 2.45) is 5.92 Å². The zero-order chi connectivity index (χ0) is 68.0. The molecule has 3 aromatic carbocycles. The molecule has 3 aliphatic heterocycles. The summed E-state index contributed by atoms with van der Waals surface area (Å²) in [6.45, 7) is 12.2. The molecule has 10 heterocycles. The van der Waals surface area contributed by atoms with Crippen LogP contribution in [0.5, 0.6) is 0 Å². The minimum atomic E-state index is -3.34. The number of H-pyrrole nitrogens is 3. The van der Waals surface area contributed by atoms with Gasteiger partial charge in [0.05, 0.1) is 25.6 Å². The normalized spacial score (nSPS) is 14.7. The Morgan fingerprint density at radius 3 is 1.21 bits per heavy atom. The van der Waals surface area contributed by atoms with Crippen molar-refractivity contribution in [2.75, 3.05) is 97.2 Å². The number of aromatic nitrogens is 13. The summed E-state index contributed by atoms with van der Waals surface area (Å²) in [4.78, 5) is 53.7. The van der Waals surface area contributed by atoms with Gasteiger partial charge < -0.3 is 36.0 Å². The molecular weight excluding hydrogens is 1360 g/mol. The van der Waals surface area contributed by atoms with E-state index in [9.17, 15) is 26.0 Å². The molecular formula is C63H84ClFN22O5S5. The lowest BCUT2D eigenvalue weighted by atomic mass is 9.91. The summed E-state index contributed by atoms with van der Waals surface area (Å²) in [6, 6.07) is 36.2. The van der Waals surface area contributed by atoms with E-state index >= 15 is 0 Å². The predicted molar refractivity (Wildman–Crippen MR) is 396 cm³/mol. The van der Waals surface area contributed by atoms with Crippen LogP contribution in [0.25, 0.3) is 0 Å². The largest absolute Gasteiger partial charge is 0.356 e. The van der Waals surface area contributed by atoms with Crippen molar-refractivity contribution in [1.82, 2.24) is 65.5 Å². The Bertz CT molecular complexity index is 4710. The van der Waals surface area contributed by atoms with Crippen LogP contribution in [0.2, 0.25) is 5.15 Å². The molecule has 27 nitrogen and oxygen atoms in total. The van der Waals surface area contributed by atoms with Crippen molar-refractivity contribution in [3.05, 3.63) is 155 Å². The van der Waals surface area contributed by atoms with E-state index in [4.69, 9.17) is 16.6 Å². The van der Waals surface area contributed by atoms with E-state index in [1.54, 1.807) is 61.5 Å². The van der Waals surface area contributed by atoms with Crippen LogP contribution >= 0.6 is 46.9 Å². The maximum Gasteiger partial charge on any atom is 0.255 e. The Kier molecular flexibility index (Phi) is 20.4. The maximum atomic E-state index is 14.9. The second-order valence-corrected chi connectivity index (χ2v) is 30.6. The van der Waals surface area contributed by atoms with Gasteiger partial charge in [-0.05, 0) is 180 Å². The van der Waals surface area contributed by atoms with Crippen LogP contribution in [-0.4, -0.2) is 146 Å². The van der Waals surface area contributed by atoms with Crippen molar-refractivity contribution in [3.8, 4) is 0 Å². The fourth-order valence-electron chi connectivity index (χ4n) is 10.1. The Hall–Kier alpha value is -9.28. The Labute approximate surface area is 589 Å². The fourth-order valence-corrected chi connectivity index (χ4v) is 13.8. The summed E-state index contributed by atoms with van der Waals surface area (Å²) >= 11 is 10.2. The number of hydrogen-bond donors (Lipinski definition) is 9. The lowest BCUT2D eigenvalue weighted by molar-refractivity contribution is 0.0924. The number of benzene rings is 3. The number of nitrogens with zero attached hydrogens (tertiary/aromatic N) is 13. The molecule has 0 radical (unpaired) electrons. The number of carbonyl (C=O) groups is 1. The number of aromatic amines is 3. The number of amides is 1. The minimum Gasteiger partial charge on any atom is -0.356 e. The molecule has 3 saturated heterocycles. The van der Waals surface area contributed by atoms with Crippen LogP contribution in [0.4, 0.5) is 73.8 Å². The average Bonchev–Trinajstić information content (AvgIpc) is 1.63. The first-order valence-corrected chi connectivity index (χ1v) is 37.2. The molecule has 1 saturated carbocycles. The highest BCUT2D eigenvalue weighted by atomic mass is 35.5. The van der Waals surface area contributed by atoms with Gasteiger partial charge in [0.25, 0.3) is 5.91 Å². The second kappa shape index (κ2) is 29.2. The number of alkyl halides is 1. The molecule has 0 atom stereocenters. The van der Waals surface area contributed by atoms with Gasteiger partial charge in [-0.2, -0.15) is 15.3 Å². The summed E-state index contributed by atoms with van der Waals surface area (Å²) in [5.74, 6) is 6.31. The molecule has 7 aromatic heterocycles. The molecule has 1 aliphatic carbocycles. The number of pyridine rings is 1. The number of halogens is 2. The third-order valence-corrected chi connectivity index (χ3v) is 19.1. The van der Waals surface area contributed by atoms with Crippen molar-refractivity contribution < 1.29 is 37.4 Å². The first-order valence-electron chi connectivity index (χ1n) is 30.6. The number of hydrogen-bond acceptors (Lipinski definition) is 24. The van der Waals surface area contributed by atoms with Gasteiger partial charge in [0, 0.05) is 134 Å². The quantitative estimate of drug-likeness (QED) is 0.0225. The lowest BCUT2D eigenvalue weighted by Gasteiger charge is -2.45. The molecule has 0 unspecified atom stereocenters. The maximum absolute atomic E-state index is 14.9. The van der Waals surface area contributed by atoms with Crippen molar-refractivity contribution in [1.29, 1.82) is 0 Å². The van der Waals surface area contributed by atoms with Gasteiger partial charge in [0.1, 0.15) is 45.7 Å². The topological polar surface area (TPSA) is 344 Å². The van der Waals surface area contributed by atoms with E-state index in [0.717, 1.165) is 108 Å². The highest BCUT2D eigenvalue weighted by molar-refractivity contribution is 7.99. The lowest BCUT2D eigenvalue weighted by Crippen LogP contribution is -2.60. The average molecular weight is 1440 g/mol. The number of anilines is 12. The molecule has 10 aromatic rings. The Morgan fingerprint density at radius 2 is 0.887 bits per heavy atom. The number of carbonyl (C=O) groups excluding carboxylic acids is 1. The van der Waals surface area contributed by atoms with Crippen molar-refractivity contribution in [3.63, 3.8) is 0 Å². The van der Waals surface area contributed by atoms with E-state index in [1.807, 2.05) is 92.4 Å². The van der Waals surface area contributed by atoms with Crippen LogP contribution in [0.3, 0.4) is 0 Å². The number of aryl methyl sites for hydroxylation is 4. The molecule has 0 bridgehead atoms. The molecule has 34 heteroatoms. The van der Waals surface area contributed by atoms with E-state index in [2.05, 4.69) is 101 Å². The van der Waals surface area contributed by atoms with Gasteiger partial charge in [-0.1, -0.05) is 11.6 Å². The standard InChI is InChI=1S/C24H23ClN8OS.C21H24FN7O2S2.C18H21N7O2S2.8H2/c1-14-10-16(12-19(25)26-14)23(34)27-17-4-6-18(7-5-17)35-24-29-20(28-21-11-15(2)31-32-21)13-22(30-24)33-8-3-9-33;1-13-9-18(27-26-13)23-17-10-19(29-11-21(22,12-29)14-3-4-14)25-20(24-17)32-16-7-5-15(6-8-16)28-33(2,30)31;1-12-10-16(23-22-12)19-15-11-17(25-8-3-9-25)21-18(20-15)28-14-6-4-13(5-7-14)24-29(2,26)27;;;;;;;;/h4-7,10-13H,3,8-9H2,1-2H3,(H,27,34)(H2,28,29,30,31,32);5-10,14,28H,3-4,11-12H2,1-2H3,(H2,23,24,25,26,27);4-7,10-11,24H,3,8-9H2,1-2H3,(H2,19,20,21,22,23);8*1H. The van der Waals surface area contributed by atoms with E-state index in [-0.39, 0.29) is 23.2 Å². The third-order valence-electron chi connectivity index (χ3n) is 15.1. The SMILES string of the molecule is Cc1cc(C(=O)Nc2ccc(Sc3nc(Nc4cc(C)[nH]n4)cc(N4CCC4)n3)cc2)cc(Cl)n1.Cc1cc(Nc2cc(N3CC(F)(C4CC4)C3)nc(Sc3ccc(NS(C)(=O)=O)cc3)n2)n[nH]1.Cc1cc(Nc2cc(N3CCC3)nc(Sc3ccc(NS(C)(=O)=O)cc3)n2)n[nH]1.[HH].[HH].[HH].[HH].[HH].[HH].[HH].[HH]. The molecule has 1 amide bonds. The fraction of sp³-hybridized carbons (Fsp3) is 0.286. The Morgan fingerprint density at radius 1 is 0.515 bits per heavy atom. The summed E-state index contributed by atoms with van der Waals surface area (Å²) in [6.07, 6.45) is 6.47. The molecule has 520 valence electrons.